The van der Waals surface area contributed by atoms with Gasteiger partial charge in [-0.25, -0.2) is 0 Å². The van der Waals surface area contributed by atoms with Crippen LogP contribution < -0.4 is 4.74 Å². The smallest absolute Gasteiger partial charge is 0.143 e. The lowest BCUT2D eigenvalue weighted by Gasteiger charge is -2.11. The van der Waals surface area contributed by atoms with Crippen LogP contribution in [0.3, 0.4) is 0 Å². The topological polar surface area (TPSA) is 29.5 Å². The van der Waals surface area contributed by atoms with E-state index >= 15 is 0 Å². The van der Waals surface area contributed by atoms with Crippen molar-refractivity contribution in [2.45, 2.75) is 13.5 Å². The van der Waals surface area contributed by atoms with E-state index in [2.05, 4.69) is 6.58 Å². The highest BCUT2D eigenvalue weighted by Crippen LogP contribution is 2.28. The van der Waals surface area contributed by atoms with Crippen molar-refractivity contribution in [3.8, 4) is 5.75 Å². The van der Waals surface area contributed by atoms with Crippen LogP contribution in [0.1, 0.15) is 12.5 Å². The van der Waals surface area contributed by atoms with Gasteiger partial charge in [0.1, 0.15) is 12.4 Å². The molecule has 1 aromatic carbocycles. The van der Waals surface area contributed by atoms with Crippen LogP contribution in [-0.2, 0) is 6.61 Å². The Balaban J connectivity index is 2.87. The maximum atomic E-state index is 9.05. The lowest BCUT2D eigenvalue weighted by Crippen LogP contribution is -2.01. The van der Waals surface area contributed by atoms with Gasteiger partial charge in [-0.15, -0.1) is 0 Å². The Morgan fingerprint density at radius 3 is 2.86 bits per heavy atom. The summed E-state index contributed by atoms with van der Waals surface area (Å²) in [6.45, 7) is 5.93. The normalized spacial score (nSPS) is 9.93. The molecule has 0 unspecified atom stereocenters. The molecule has 0 heterocycles. The third kappa shape index (κ3) is 2.76. The van der Waals surface area contributed by atoms with Crippen LogP contribution in [0.5, 0.6) is 5.75 Å². The largest absolute Gasteiger partial charge is 0.487 e. The second kappa shape index (κ2) is 5.03. The molecular formula is C11H13ClO2. The lowest BCUT2D eigenvalue weighted by atomic mass is 10.2. The zero-order valence-corrected chi connectivity index (χ0v) is 8.84. The number of para-hydroxylation sites is 1. The average molecular weight is 213 g/mol. The lowest BCUT2D eigenvalue weighted by molar-refractivity contribution is 0.269. The van der Waals surface area contributed by atoms with E-state index in [0.29, 0.717) is 22.9 Å². The minimum absolute atomic E-state index is 0.0773. The summed E-state index contributed by atoms with van der Waals surface area (Å²) >= 11 is 5.93. The Kier molecular flexibility index (Phi) is 3.98. The van der Waals surface area contributed by atoms with Crippen LogP contribution in [0.15, 0.2) is 30.4 Å². The molecule has 76 valence electrons. The molecule has 3 heteroatoms. The number of ether oxygens (including phenoxy) is 1. The summed E-state index contributed by atoms with van der Waals surface area (Å²) in [7, 11) is 0. The summed E-state index contributed by atoms with van der Waals surface area (Å²) < 4.78 is 5.43. The molecule has 0 saturated heterocycles. The van der Waals surface area contributed by atoms with E-state index in [1.54, 1.807) is 18.2 Å². The van der Waals surface area contributed by atoms with Gasteiger partial charge >= 0.3 is 0 Å². The predicted octanol–water partition coefficient (Wildman–Crippen LogP) is 2.79. The van der Waals surface area contributed by atoms with E-state index in [4.69, 9.17) is 21.4 Å². The van der Waals surface area contributed by atoms with Crippen LogP contribution in [0.2, 0.25) is 5.02 Å². The van der Waals surface area contributed by atoms with Crippen LogP contribution in [0.4, 0.5) is 0 Å². The highest BCUT2D eigenvalue weighted by atomic mass is 35.5. The van der Waals surface area contributed by atoms with Gasteiger partial charge < -0.3 is 9.84 Å². The molecule has 0 amide bonds. The van der Waals surface area contributed by atoms with Gasteiger partial charge in [0.2, 0.25) is 0 Å². The molecule has 14 heavy (non-hydrogen) atoms. The van der Waals surface area contributed by atoms with Crippen molar-refractivity contribution in [3.05, 3.63) is 40.9 Å². The van der Waals surface area contributed by atoms with Crippen molar-refractivity contribution >= 4 is 11.6 Å². The zero-order valence-electron chi connectivity index (χ0n) is 8.09. The fourth-order valence-electron chi connectivity index (χ4n) is 1.04. The fraction of sp³-hybridized carbons (Fsp3) is 0.273. The van der Waals surface area contributed by atoms with Gasteiger partial charge in [0.15, 0.2) is 0 Å². The number of benzene rings is 1. The molecule has 0 atom stereocenters. The van der Waals surface area contributed by atoms with Crippen molar-refractivity contribution in [2.75, 3.05) is 6.61 Å². The number of aliphatic hydroxyl groups is 1. The van der Waals surface area contributed by atoms with E-state index in [9.17, 15) is 0 Å². The first-order valence-corrected chi connectivity index (χ1v) is 4.68. The van der Waals surface area contributed by atoms with Gasteiger partial charge in [-0.1, -0.05) is 30.3 Å². The number of rotatable bonds is 4. The summed E-state index contributed by atoms with van der Waals surface area (Å²) in [4.78, 5) is 0. The first-order chi connectivity index (χ1) is 6.65. The van der Waals surface area contributed by atoms with Crippen LogP contribution in [0, 0.1) is 0 Å². The van der Waals surface area contributed by atoms with Crippen molar-refractivity contribution < 1.29 is 9.84 Å². The molecule has 0 spiro atoms. The predicted molar refractivity (Wildman–Crippen MR) is 57.7 cm³/mol. The van der Waals surface area contributed by atoms with Crippen molar-refractivity contribution in [1.29, 1.82) is 0 Å². The molecule has 1 aromatic rings. The molecule has 0 aliphatic heterocycles. The fourth-order valence-corrected chi connectivity index (χ4v) is 1.28. The van der Waals surface area contributed by atoms with E-state index in [1.807, 2.05) is 6.92 Å². The van der Waals surface area contributed by atoms with Crippen LogP contribution >= 0.6 is 11.6 Å². The third-order valence-corrected chi connectivity index (χ3v) is 1.98. The summed E-state index contributed by atoms with van der Waals surface area (Å²) in [6, 6.07) is 5.29. The van der Waals surface area contributed by atoms with Gasteiger partial charge in [0.05, 0.1) is 11.6 Å². The first kappa shape index (κ1) is 11.1. The highest BCUT2D eigenvalue weighted by molar-refractivity contribution is 6.32. The maximum Gasteiger partial charge on any atom is 0.143 e. The van der Waals surface area contributed by atoms with Crippen molar-refractivity contribution in [2.24, 2.45) is 0 Å². The van der Waals surface area contributed by atoms with E-state index in [1.165, 1.54) is 0 Å². The quantitative estimate of drug-likeness (QED) is 0.778. The molecule has 0 radical (unpaired) electrons. The molecule has 0 aliphatic carbocycles. The Labute approximate surface area is 88.8 Å². The van der Waals surface area contributed by atoms with Crippen LogP contribution in [0.25, 0.3) is 0 Å². The third-order valence-electron chi connectivity index (χ3n) is 1.68. The van der Waals surface area contributed by atoms with E-state index in [0.717, 1.165) is 5.57 Å². The average Bonchev–Trinajstić information content (AvgIpc) is 2.15. The Bertz CT molecular complexity index is 334. The number of halogens is 1. The van der Waals surface area contributed by atoms with Gasteiger partial charge in [0, 0.05) is 5.56 Å². The monoisotopic (exact) mass is 212 g/mol. The molecule has 0 saturated carbocycles. The van der Waals surface area contributed by atoms with Crippen molar-refractivity contribution in [1.82, 2.24) is 0 Å². The SMILES string of the molecule is C=C(C)COc1c(Cl)cccc1CO. The summed E-state index contributed by atoms with van der Waals surface area (Å²) in [5, 5.41) is 9.56. The highest BCUT2D eigenvalue weighted by Gasteiger charge is 2.06. The minimum atomic E-state index is -0.0773. The van der Waals surface area contributed by atoms with Gasteiger partial charge in [-0.2, -0.15) is 0 Å². The number of hydrogen-bond acceptors (Lipinski definition) is 2. The molecule has 1 rings (SSSR count). The minimum Gasteiger partial charge on any atom is -0.487 e. The number of aliphatic hydroxyl groups excluding tert-OH is 1. The number of hydrogen-bond donors (Lipinski definition) is 1. The van der Waals surface area contributed by atoms with E-state index < -0.39 is 0 Å². The molecule has 0 aliphatic rings. The zero-order chi connectivity index (χ0) is 10.6. The van der Waals surface area contributed by atoms with Gasteiger partial charge in [-0.05, 0) is 18.6 Å². The maximum absolute atomic E-state index is 9.05. The molecule has 0 aromatic heterocycles. The van der Waals surface area contributed by atoms with E-state index in [-0.39, 0.29) is 6.61 Å². The Morgan fingerprint density at radius 2 is 2.29 bits per heavy atom. The second-order valence-electron chi connectivity index (χ2n) is 3.13. The summed E-state index contributed by atoms with van der Waals surface area (Å²) in [5.41, 5.74) is 1.60. The molecule has 2 nitrogen and oxygen atoms in total. The van der Waals surface area contributed by atoms with Gasteiger partial charge in [-0.3, -0.25) is 0 Å². The van der Waals surface area contributed by atoms with Gasteiger partial charge in [0.25, 0.3) is 0 Å². The Hall–Kier alpha value is -0.990. The summed E-state index contributed by atoms with van der Waals surface area (Å²) in [5.74, 6) is 0.541. The molecule has 0 bridgehead atoms. The summed E-state index contributed by atoms with van der Waals surface area (Å²) in [6.07, 6.45) is 0. The van der Waals surface area contributed by atoms with Crippen LogP contribution in [-0.4, -0.2) is 11.7 Å². The second-order valence-corrected chi connectivity index (χ2v) is 3.54. The Morgan fingerprint density at radius 1 is 1.57 bits per heavy atom. The molecule has 1 N–H and O–H groups in total. The standard InChI is InChI=1S/C11H13ClO2/c1-8(2)7-14-11-9(6-13)4-3-5-10(11)12/h3-5,13H,1,6-7H2,2H3. The van der Waals surface area contributed by atoms with Crippen molar-refractivity contribution in [3.63, 3.8) is 0 Å². The molecule has 0 fully saturated rings. The molecular weight excluding hydrogens is 200 g/mol. The first-order valence-electron chi connectivity index (χ1n) is 4.30.